The van der Waals surface area contributed by atoms with Gasteiger partial charge in [0.1, 0.15) is 17.2 Å². The Bertz CT molecular complexity index is 746. The van der Waals surface area contributed by atoms with E-state index in [1.807, 2.05) is 0 Å². The average Bonchev–Trinajstić information content (AvgIpc) is 2.68. The van der Waals surface area contributed by atoms with E-state index >= 15 is 0 Å². The van der Waals surface area contributed by atoms with Crippen LogP contribution in [0.5, 0.6) is 0 Å². The Hall–Kier alpha value is -2.44. The standard InChI is InChI=1S/C12H10FN3O3/c13-6-2-1-3-7-10(6)12(19)16(15-7)8-4-5-9(17)14-11(8)18/h1-3,8,15H,4-5H2,(H,14,17,18). The molecule has 1 aromatic carbocycles. The van der Waals surface area contributed by atoms with E-state index in [9.17, 15) is 18.8 Å². The fraction of sp³-hybridized carbons (Fsp3) is 0.250. The molecule has 0 spiro atoms. The lowest BCUT2D eigenvalue weighted by molar-refractivity contribution is -0.136. The molecule has 0 radical (unpaired) electrons. The van der Waals surface area contributed by atoms with Crippen molar-refractivity contribution in [3.63, 3.8) is 0 Å². The van der Waals surface area contributed by atoms with E-state index in [-0.39, 0.29) is 24.1 Å². The second-order valence-electron chi connectivity index (χ2n) is 4.42. The van der Waals surface area contributed by atoms with E-state index in [2.05, 4.69) is 10.4 Å². The van der Waals surface area contributed by atoms with Gasteiger partial charge in [-0.05, 0) is 18.6 Å². The zero-order valence-corrected chi connectivity index (χ0v) is 9.77. The molecule has 98 valence electrons. The van der Waals surface area contributed by atoms with E-state index in [1.54, 1.807) is 6.07 Å². The second kappa shape index (κ2) is 4.04. The van der Waals surface area contributed by atoms with Crippen molar-refractivity contribution in [1.82, 2.24) is 15.1 Å². The van der Waals surface area contributed by atoms with Crippen LogP contribution in [0.3, 0.4) is 0 Å². The van der Waals surface area contributed by atoms with Gasteiger partial charge in [-0.3, -0.25) is 24.8 Å². The Morgan fingerprint density at radius 2 is 2.05 bits per heavy atom. The molecule has 3 rings (SSSR count). The maximum absolute atomic E-state index is 13.6. The second-order valence-corrected chi connectivity index (χ2v) is 4.42. The van der Waals surface area contributed by atoms with Gasteiger partial charge < -0.3 is 0 Å². The molecule has 2 heterocycles. The number of nitrogens with one attached hydrogen (secondary N) is 2. The maximum Gasteiger partial charge on any atom is 0.278 e. The zero-order valence-electron chi connectivity index (χ0n) is 9.77. The molecule has 1 aromatic heterocycles. The van der Waals surface area contributed by atoms with Gasteiger partial charge in [-0.2, -0.15) is 0 Å². The number of rotatable bonds is 1. The highest BCUT2D eigenvalue weighted by Gasteiger charge is 2.30. The largest absolute Gasteiger partial charge is 0.295 e. The third-order valence-corrected chi connectivity index (χ3v) is 3.21. The van der Waals surface area contributed by atoms with Gasteiger partial charge in [0.15, 0.2) is 0 Å². The summed E-state index contributed by atoms with van der Waals surface area (Å²) in [6, 6.07) is 3.41. The minimum Gasteiger partial charge on any atom is -0.295 e. The third-order valence-electron chi connectivity index (χ3n) is 3.21. The van der Waals surface area contributed by atoms with Crippen LogP contribution in [-0.4, -0.2) is 21.6 Å². The molecule has 0 saturated carbocycles. The van der Waals surface area contributed by atoms with Crippen molar-refractivity contribution >= 4 is 22.7 Å². The van der Waals surface area contributed by atoms with Crippen molar-refractivity contribution in [3.05, 3.63) is 34.4 Å². The van der Waals surface area contributed by atoms with Gasteiger partial charge in [-0.1, -0.05) is 6.07 Å². The van der Waals surface area contributed by atoms with Crippen molar-refractivity contribution in [1.29, 1.82) is 0 Å². The molecular formula is C12H10FN3O3. The van der Waals surface area contributed by atoms with Gasteiger partial charge in [-0.15, -0.1) is 0 Å². The first-order valence-corrected chi connectivity index (χ1v) is 5.80. The normalized spacial score (nSPS) is 19.7. The van der Waals surface area contributed by atoms with Gasteiger partial charge in [0, 0.05) is 6.42 Å². The smallest absolute Gasteiger partial charge is 0.278 e. The number of aromatic amines is 1. The van der Waals surface area contributed by atoms with Crippen molar-refractivity contribution in [2.75, 3.05) is 0 Å². The summed E-state index contributed by atoms with van der Waals surface area (Å²) >= 11 is 0. The van der Waals surface area contributed by atoms with Crippen LogP contribution in [0.25, 0.3) is 10.9 Å². The summed E-state index contributed by atoms with van der Waals surface area (Å²) in [5, 5.41) is 4.80. The third kappa shape index (κ3) is 1.74. The number of amides is 2. The number of benzene rings is 1. The predicted molar refractivity (Wildman–Crippen MR) is 63.9 cm³/mol. The Morgan fingerprint density at radius 1 is 1.26 bits per heavy atom. The number of piperidine rings is 1. The summed E-state index contributed by atoms with van der Waals surface area (Å²) in [6.07, 6.45) is 0.375. The molecular weight excluding hydrogens is 253 g/mol. The molecule has 2 N–H and O–H groups in total. The molecule has 2 amide bonds. The first-order valence-electron chi connectivity index (χ1n) is 5.80. The number of H-pyrrole nitrogens is 1. The fourth-order valence-corrected chi connectivity index (χ4v) is 2.28. The molecule has 1 saturated heterocycles. The van der Waals surface area contributed by atoms with E-state index < -0.39 is 23.3 Å². The molecule has 6 nitrogen and oxygen atoms in total. The highest BCUT2D eigenvalue weighted by Crippen LogP contribution is 2.19. The van der Waals surface area contributed by atoms with Crippen molar-refractivity contribution in [3.8, 4) is 0 Å². The van der Waals surface area contributed by atoms with Gasteiger partial charge in [0.05, 0.1) is 5.52 Å². The van der Waals surface area contributed by atoms with Crippen molar-refractivity contribution in [2.45, 2.75) is 18.9 Å². The molecule has 0 bridgehead atoms. The Kier molecular flexibility index (Phi) is 2.48. The van der Waals surface area contributed by atoms with Crippen LogP contribution in [0.4, 0.5) is 4.39 Å². The molecule has 1 aliphatic heterocycles. The first kappa shape index (κ1) is 11.6. The SMILES string of the molecule is O=C1CCC(n2[nH]c3cccc(F)c3c2=O)C(=O)N1. The topological polar surface area (TPSA) is 84.0 Å². The van der Waals surface area contributed by atoms with Crippen LogP contribution in [0, 0.1) is 5.82 Å². The van der Waals surface area contributed by atoms with Crippen LogP contribution in [0.15, 0.2) is 23.0 Å². The van der Waals surface area contributed by atoms with Crippen molar-refractivity contribution in [2.24, 2.45) is 0 Å². The summed E-state index contributed by atoms with van der Waals surface area (Å²) in [5.41, 5.74) is -0.266. The number of carbonyl (C=O) groups is 2. The van der Waals surface area contributed by atoms with E-state index in [4.69, 9.17) is 0 Å². The van der Waals surface area contributed by atoms with Gasteiger partial charge in [-0.25, -0.2) is 9.07 Å². The predicted octanol–water partition coefficient (Wildman–Crippen LogP) is 0.446. The number of hydrogen-bond donors (Lipinski definition) is 2. The highest BCUT2D eigenvalue weighted by atomic mass is 19.1. The highest BCUT2D eigenvalue weighted by molar-refractivity contribution is 5.99. The van der Waals surface area contributed by atoms with Gasteiger partial charge in [0.2, 0.25) is 5.91 Å². The minimum absolute atomic E-state index is 0.0767. The molecule has 2 aromatic rings. The Morgan fingerprint density at radius 3 is 2.74 bits per heavy atom. The van der Waals surface area contributed by atoms with E-state index in [1.165, 1.54) is 12.1 Å². The van der Waals surface area contributed by atoms with E-state index in [0.717, 1.165) is 4.68 Å². The zero-order chi connectivity index (χ0) is 13.6. The lowest BCUT2D eigenvalue weighted by Crippen LogP contribution is -2.44. The molecule has 1 aliphatic rings. The number of hydrogen-bond acceptors (Lipinski definition) is 3. The van der Waals surface area contributed by atoms with Crippen LogP contribution in [0.1, 0.15) is 18.9 Å². The molecule has 7 heteroatoms. The lowest BCUT2D eigenvalue weighted by atomic mass is 10.1. The Balaban J connectivity index is 2.14. The first-order chi connectivity index (χ1) is 9.08. The van der Waals surface area contributed by atoms with Gasteiger partial charge >= 0.3 is 0 Å². The summed E-state index contributed by atoms with van der Waals surface area (Å²) < 4.78 is 14.7. The Labute approximate surface area is 106 Å². The van der Waals surface area contributed by atoms with Crippen molar-refractivity contribution < 1.29 is 14.0 Å². The van der Waals surface area contributed by atoms with Crippen LogP contribution in [-0.2, 0) is 9.59 Å². The summed E-state index contributed by atoms with van der Waals surface area (Å²) in [5.74, 6) is -1.55. The van der Waals surface area contributed by atoms with E-state index in [0.29, 0.717) is 5.52 Å². The number of nitrogens with zero attached hydrogens (tertiary/aromatic N) is 1. The molecule has 1 unspecified atom stereocenters. The fourth-order valence-electron chi connectivity index (χ4n) is 2.28. The number of fused-ring (bicyclic) bond motifs is 1. The van der Waals surface area contributed by atoms with Gasteiger partial charge in [0.25, 0.3) is 11.5 Å². The number of halogens is 1. The van der Waals surface area contributed by atoms with Crippen LogP contribution < -0.4 is 10.9 Å². The average molecular weight is 263 g/mol. The van der Waals surface area contributed by atoms with Crippen LogP contribution >= 0.6 is 0 Å². The maximum atomic E-state index is 13.6. The molecule has 1 fully saturated rings. The summed E-state index contributed by atoms with van der Waals surface area (Å²) in [7, 11) is 0. The van der Waals surface area contributed by atoms with Crippen LogP contribution in [0.2, 0.25) is 0 Å². The lowest BCUT2D eigenvalue weighted by Gasteiger charge is -2.20. The minimum atomic E-state index is -0.808. The summed E-state index contributed by atoms with van der Waals surface area (Å²) in [4.78, 5) is 34.9. The molecule has 19 heavy (non-hydrogen) atoms. The quantitative estimate of drug-likeness (QED) is 0.732. The monoisotopic (exact) mass is 263 g/mol. The number of aromatic nitrogens is 2. The summed E-state index contributed by atoms with van der Waals surface area (Å²) in [6.45, 7) is 0. The molecule has 0 aliphatic carbocycles. The number of imide groups is 1. The molecule has 1 atom stereocenters. The number of carbonyl (C=O) groups excluding carboxylic acids is 2.